The molecule has 11 heteroatoms. The number of carbonyl (C=O) groups is 3. The zero-order chi connectivity index (χ0) is 24.4. The molecule has 3 aromatic rings. The molecule has 4 rings (SSSR count). The fourth-order valence-corrected chi connectivity index (χ4v) is 4.51. The third-order valence-electron chi connectivity index (χ3n) is 5.22. The van der Waals surface area contributed by atoms with Gasteiger partial charge < -0.3 is 14.9 Å². The quantitative estimate of drug-likeness (QED) is 0.398. The summed E-state index contributed by atoms with van der Waals surface area (Å²) < 4.78 is 1.33. The zero-order valence-corrected chi connectivity index (χ0v) is 19.5. The highest BCUT2D eigenvalue weighted by atomic mass is 35.5. The first-order valence-electron chi connectivity index (χ1n) is 10.3. The number of amides is 3. The van der Waals surface area contributed by atoms with Crippen LogP contribution in [0.2, 0.25) is 5.02 Å². The maximum absolute atomic E-state index is 12.6. The molecule has 174 valence electrons. The third kappa shape index (κ3) is 4.68. The van der Waals surface area contributed by atoms with Crippen LogP contribution >= 0.6 is 23.4 Å². The van der Waals surface area contributed by atoms with Crippen LogP contribution in [0, 0.1) is 0 Å². The molecule has 34 heavy (non-hydrogen) atoms. The van der Waals surface area contributed by atoms with Gasteiger partial charge in [0.15, 0.2) is 0 Å². The molecule has 0 spiro atoms. The molecular weight excluding hydrogens is 480 g/mol. The average molecular weight is 499 g/mol. The maximum Gasteiger partial charge on any atom is 0.316 e. The van der Waals surface area contributed by atoms with Crippen LogP contribution in [0.5, 0.6) is 0 Å². The van der Waals surface area contributed by atoms with Crippen LogP contribution in [0.4, 0.5) is 4.79 Å². The molecule has 0 unspecified atom stereocenters. The van der Waals surface area contributed by atoms with Crippen molar-refractivity contribution < 1.29 is 14.4 Å². The Morgan fingerprint density at radius 3 is 2.56 bits per heavy atom. The minimum absolute atomic E-state index is 0.00809. The normalized spacial score (nSPS) is 14.9. The van der Waals surface area contributed by atoms with Crippen molar-refractivity contribution in [2.45, 2.75) is 13.5 Å². The summed E-state index contributed by atoms with van der Waals surface area (Å²) in [5, 5.41) is 2.82. The van der Waals surface area contributed by atoms with Crippen molar-refractivity contribution in [2.24, 2.45) is 0 Å². The SMILES string of the molecule is CCn1c(=O)c(=O)[nH]c2cc(C(=O)NCCN3C(=O)S/C(=C/c4ccc(Cl)cc4)C3=O)ccc21. The van der Waals surface area contributed by atoms with Crippen molar-refractivity contribution in [2.75, 3.05) is 13.1 Å². The van der Waals surface area contributed by atoms with Crippen LogP contribution in [-0.4, -0.2) is 44.6 Å². The molecule has 2 heterocycles. The van der Waals surface area contributed by atoms with Gasteiger partial charge in [0, 0.05) is 30.2 Å². The molecule has 0 aliphatic carbocycles. The van der Waals surface area contributed by atoms with Crippen molar-refractivity contribution >= 4 is 57.5 Å². The molecule has 1 aliphatic heterocycles. The lowest BCUT2D eigenvalue weighted by atomic mass is 10.1. The van der Waals surface area contributed by atoms with Crippen LogP contribution in [0.15, 0.2) is 57.0 Å². The Hall–Kier alpha value is -3.63. The largest absolute Gasteiger partial charge is 0.350 e. The van der Waals surface area contributed by atoms with E-state index in [9.17, 15) is 24.0 Å². The smallest absolute Gasteiger partial charge is 0.316 e. The van der Waals surface area contributed by atoms with Gasteiger partial charge in [0.25, 0.3) is 17.1 Å². The molecule has 3 amide bonds. The molecule has 0 atom stereocenters. The summed E-state index contributed by atoms with van der Waals surface area (Å²) >= 11 is 6.70. The molecule has 1 aromatic heterocycles. The van der Waals surface area contributed by atoms with Crippen molar-refractivity contribution in [1.29, 1.82) is 0 Å². The Morgan fingerprint density at radius 1 is 1.12 bits per heavy atom. The number of H-pyrrole nitrogens is 1. The van der Waals surface area contributed by atoms with Gasteiger partial charge in [-0.15, -0.1) is 0 Å². The Morgan fingerprint density at radius 2 is 1.85 bits per heavy atom. The summed E-state index contributed by atoms with van der Waals surface area (Å²) in [7, 11) is 0. The first-order chi connectivity index (χ1) is 16.3. The van der Waals surface area contributed by atoms with Crippen LogP contribution in [0.3, 0.4) is 0 Å². The van der Waals surface area contributed by atoms with Crippen molar-refractivity contribution in [3.8, 4) is 0 Å². The Kier molecular flexibility index (Phi) is 6.71. The van der Waals surface area contributed by atoms with Gasteiger partial charge in [0.1, 0.15) is 0 Å². The molecule has 1 aliphatic rings. The standard InChI is InChI=1S/C23H19ClN4O5S/c1-2-27-17-8-5-14(12-16(17)26-20(30)22(27)32)19(29)25-9-10-28-21(31)18(34-23(28)33)11-13-3-6-15(24)7-4-13/h3-8,11-12H,2,9-10H2,1H3,(H,25,29)(H,26,30)/b18-11+. The van der Waals surface area contributed by atoms with Gasteiger partial charge >= 0.3 is 11.1 Å². The van der Waals surface area contributed by atoms with E-state index in [-0.39, 0.29) is 18.7 Å². The van der Waals surface area contributed by atoms with E-state index in [2.05, 4.69) is 10.3 Å². The number of hydrogen-bond acceptors (Lipinski definition) is 6. The molecule has 9 nitrogen and oxygen atoms in total. The van der Waals surface area contributed by atoms with Crippen molar-refractivity contribution in [1.82, 2.24) is 19.8 Å². The minimum Gasteiger partial charge on any atom is -0.350 e. The molecular formula is C23H19ClN4O5S. The first kappa shape index (κ1) is 23.5. The number of nitrogens with zero attached hydrogens (tertiary/aromatic N) is 2. The van der Waals surface area contributed by atoms with Crippen LogP contribution in [0.25, 0.3) is 17.1 Å². The molecule has 0 saturated carbocycles. The van der Waals surface area contributed by atoms with E-state index in [1.807, 2.05) is 0 Å². The molecule has 0 radical (unpaired) electrons. The zero-order valence-electron chi connectivity index (χ0n) is 18.0. The van der Waals surface area contributed by atoms with E-state index in [1.54, 1.807) is 43.3 Å². The van der Waals surface area contributed by atoms with E-state index < -0.39 is 28.2 Å². The topological polar surface area (TPSA) is 121 Å². The second-order valence-electron chi connectivity index (χ2n) is 7.38. The second kappa shape index (κ2) is 9.70. The van der Waals surface area contributed by atoms with Gasteiger partial charge in [0.2, 0.25) is 0 Å². The van der Waals surface area contributed by atoms with Gasteiger partial charge in [-0.3, -0.25) is 28.9 Å². The number of carbonyl (C=O) groups excluding carboxylic acids is 3. The summed E-state index contributed by atoms with van der Waals surface area (Å²) in [5.74, 6) is -0.874. The van der Waals surface area contributed by atoms with E-state index in [0.29, 0.717) is 27.5 Å². The summed E-state index contributed by atoms with van der Waals surface area (Å²) in [4.78, 5) is 65.1. The van der Waals surface area contributed by atoms with Gasteiger partial charge in [-0.2, -0.15) is 0 Å². The monoisotopic (exact) mass is 498 g/mol. The number of benzene rings is 2. The second-order valence-corrected chi connectivity index (χ2v) is 8.81. The average Bonchev–Trinajstić information content (AvgIpc) is 3.08. The van der Waals surface area contributed by atoms with Gasteiger partial charge in [-0.05, 0) is 60.7 Å². The number of nitrogens with one attached hydrogen (secondary N) is 2. The van der Waals surface area contributed by atoms with E-state index >= 15 is 0 Å². The highest BCUT2D eigenvalue weighted by molar-refractivity contribution is 8.18. The van der Waals surface area contributed by atoms with Crippen LogP contribution < -0.4 is 16.4 Å². The minimum atomic E-state index is -0.766. The number of rotatable bonds is 6. The summed E-state index contributed by atoms with van der Waals surface area (Å²) in [6.45, 7) is 2.12. The fourth-order valence-electron chi connectivity index (χ4n) is 3.52. The Bertz CT molecular complexity index is 1460. The number of fused-ring (bicyclic) bond motifs is 1. The molecule has 2 aromatic carbocycles. The number of halogens is 1. The van der Waals surface area contributed by atoms with Crippen LogP contribution in [0.1, 0.15) is 22.8 Å². The first-order valence-corrected chi connectivity index (χ1v) is 11.5. The predicted octanol–water partition coefficient (Wildman–Crippen LogP) is 2.83. The number of aromatic amines is 1. The lowest BCUT2D eigenvalue weighted by Crippen LogP contribution is -2.37. The Labute approximate surface area is 202 Å². The van der Waals surface area contributed by atoms with Gasteiger partial charge in [-0.1, -0.05) is 23.7 Å². The summed E-state index contributed by atoms with van der Waals surface area (Å²) in [6, 6.07) is 11.5. The fraction of sp³-hybridized carbons (Fsp3) is 0.174. The molecule has 2 N–H and O–H groups in total. The third-order valence-corrected chi connectivity index (χ3v) is 6.38. The van der Waals surface area contributed by atoms with Crippen LogP contribution in [-0.2, 0) is 11.3 Å². The Balaban J connectivity index is 1.42. The number of thioether (sulfide) groups is 1. The van der Waals surface area contributed by atoms with Gasteiger partial charge in [0.05, 0.1) is 15.9 Å². The molecule has 0 bridgehead atoms. The summed E-state index contributed by atoms with van der Waals surface area (Å²) in [5.41, 5.74) is 0.450. The molecule has 1 saturated heterocycles. The number of aryl methyl sites for hydroxylation is 1. The molecule has 1 fully saturated rings. The predicted molar refractivity (Wildman–Crippen MR) is 131 cm³/mol. The van der Waals surface area contributed by atoms with Gasteiger partial charge in [-0.25, -0.2) is 0 Å². The number of hydrogen-bond donors (Lipinski definition) is 2. The highest BCUT2D eigenvalue weighted by Crippen LogP contribution is 2.32. The summed E-state index contributed by atoms with van der Waals surface area (Å²) in [6.07, 6.45) is 1.62. The maximum atomic E-state index is 12.6. The highest BCUT2D eigenvalue weighted by Gasteiger charge is 2.34. The number of aromatic nitrogens is 2. The van der Waals surface area contributed by atoms with E-state index in [1.165, 1.54) is 16.7 Å². The van der Waals surface area contributed by atoms with Crippen molar-refractivity contribution in [3.05, 3.63) is 84.2 Å². The van der Waals surface area contributed by atoms with E-state index in [4.69, 9.17) is 11.6 Å². The van der Waals surface area contributed by atoms with Crippen molar-refractivity contribution in [3.63, 3.8) is 0 Å². The lowest BCUT2D eigenvalue weighted by Gasteiger charge is -2.13. The lowest BCUT2D eigenvalue weighted by molar-refractivity contribution is -0.122. The number of imide groups is 1. The van der Waals surface area contributed by atoms with E-state index in [0.717, 1.165) is 22.2 Å².